The van der Waals surface area contributed by atoms with Crippen molar-refractivity contribution in [3.8, 4) is 5.88 Å². The van der Waals surface area contributed by atoms with Gasteiger partial charge in [0, 0.05) is 6.20 Å². The summed E-state index contributed by atoms with van der Waals surface area (Å²) in [5.41, 5.74) is -0.646. The van der Waals surface area contributed by atoms with Gasteiger partial charge in [0.15, 0.2) is 16.8 Å². The van der Waals surface area contributed by atoms with Gasteiger partial charge < -0.3 is 10.2 Å². The normalized spacial score (nSPS) is 10.7. The van der Waals surface area contributed by atoms with Crippen LogP contribution in [0.2, 0.25) is 0 Å². The molecule has 21 heavy (non-hydrogen) atoms. The van der Waals surface area contributed by atoms with E-state index in [1.165, 1.54) is 0 Å². The summed E-state index contributed by atoms with van der Waals surface area (Å²) in [6.45, 7) is 0. The molecule has 0 aliphatic rings. The Bertz CT molecular complexity index is 718. The standard InChI is InChI=1S/C10H3F4N3O3S/c11-3-5(4(12)7(14)16-6(3)13)21-10-15-1-2(9(19)20)8(18)17-10/h1H,(H,19,20)(H,15,17,18). The molecule has 0 spiro atoms. The van der Waals surface area contributed by atoms with Gasteiger partial charge in [0.25, 0.3) is 11.9 Å². The molecule has 0 amide bonds. The first-order valence-electron chi connectivity index (χ1n) is 4.98. The lowest BCUT2D eigenvalue weighted by molar-refractivity contribution is 0.0692. The predicted molar refractivity (Wildman–Crippen MR) is 58.8 cm³/mol. The number of carboxylic acid groups (broad SMARTS) is 1. The molecule has 0 saturated heterocycles. The number of carboxylic acids is 1. The Hall–Kier alpha value is -2.43. The van der Waals surface area contributed by atoms with Crippen molar-refractivity contribution in [1.29, 1.82) is 0 Å². The molecule has 2 heterocycles. The largest absolute Gasteiger partial charge is 0.493 e. The number of aromatic carboxylic acids is 1. The van der Waals surface area contributed by atoms with Crippen LogP contribution in [0.1, 0.15) is 10.4 Å². The molecule has 11 heteroatoms. The molecule has 2 aromatic rings. The maximum Gasteiger partial charge on any atom is 0.342 e. The summed E-state index contributed by atoms with van der Waals surface area (Å²) in [6, 6.07) is 0. The molecule has 2 aromatic heterocycles. The number of hydrogen-bond acceptors (Lipinski definition) is 6. The monoisotopic (exact) mass is 321 g/mol. The van der Waals surface area contributed by atoms with Gasteiger partial charge in [-0.2, -0.15) is 18.7 Å². The number of pyridine rings is 1. The number of nitrogens with zero attached hydrogens (tertiary/aromatic N) is 3. The lowest BCUT2D eigenvalue weighted by Gasteiger charge is -2.05. The van der Waals surface area contributed by atoms with Crippen LogP contribution in [0.4, 0.5) is 17.6 Å². The topological polar surface area (TPSA) is 96.2 Å². The third-order valence-corrected chi connectivity index (χ3v) is 3.07. The molecule has 0 unspecified atom stereocenters. The lowest BCUT2D eigenvalue weighted by Crippen LogP contribution is -2.04. The minimum atomic E-state index is -1.86. The van der Waals surface area contributed by atoms with Crippen molar-refractivity contribution < 1.29 is 32.6 Å². The van der Waals surface area contributed by atoms with Gasteiger partial charge in [-0.15, -0.1) is 0 Å². The van der Waals surface area contributed by atoms with E-state index in [9.17, 15) is 27.5 Å². The first-order chi connectivity index (χ1) is 9.81. The third kappa shape index (κ3) is 2.86. The lowest BCUT2D eigenvalue weighted by atomic mass is 10.3. The fourth-order valence-electron chi connectivity index (χ4n) is 1.21. The van der Waals surface area contributed by atoms with Gasteiger partial charge in [-0.3, -0.25) is 0 Å². The SMILES string of the molecule is O=C(O)c1cnc(Sc2c(F)c(F)nc(F)c2F)nc1O. The summed E-state index contributed by atoms with van der Waals surface area (Å²) in [7, 11) is 0. The van der Waals surface area contributed by atoms with Gasteiger partial charge in [-0.25, -0.2) is 18.6 Å². The molecule has 0 saturated carbocycles. The number of aromatic hydroxyl groups is 1. The maximum absolute atomic E-state index is 13.4. The number of aromatic nitrogens is 3. The van der Waals surface area contributed by atoms with E-state index in [0.717, 1.165) is 0 Å². The molecule has 6 nitrogen and oxygen atoms in total. The Labute approximate surface area is 117 Å². The summed E-state index contributed by atoms with van der Waals surface area (Å²) in [4.78, 5) is 18.5. The van der Waals surface area contributed by atoms with E-state index in [1.807, 2.05) is 0 Å². The van der Waals surface area contributed by atoms with Crippen molar-refractivity contribution in [1.82, 2.24) is 15.0 Å². The van der Waals surface area contributed by atoms with Crippen LogP contribution in [0.15, 0.2) is 16.2 Å². The first kappa shape index (κ1) is 15.0. The number of hydrogen-bond donors (Lipinski definition) is 2. The molecule has 0 fully saturated rings. The number of carbonyl (C=O) groups is 1. The highest BCUT2D eigenvalue weighted by atomic mass is 32.2. The summed E-state index contributed by atoms with van der Waals surface area (Å²) in [6.07, 6.45) is 0.677. The van der Waals surface area contributed by atoms with Crippen LogP contribution >= 0.6 is 11.8 Å². The minimum absolute atomic E-state index is 0.0586. The average molecular weight is 321 g/mol. The highest BCUT2D eigenvalue weighted by Crippen LogP contribution is 2.32. The second kappa shape index (κ2) is 5.52. The van der Waals surface area contributed by atoms with Crippen LogP contribution in [0, 0.1) is 23.5 Å². The van der Waals surface area contributed by atoms with Crippen molar-refractivity contribution in [2.45, 2.75) is 10.1 Å². The van der Waals surface area contributed by atoms with Gasteiger partial charge in [0.05, 0.1) is 4.90 Å². The predicted octanol–water partition coefficient (Wildman–Crippen LogP) is 1.98. The Kier molecular flexibility index (Phi) is 3.93. The Morgan fingerprint density at radius 1 is 1.10 bits per heavy atom. The van der Waals surface area contributed by atoms with Crippen molar-refractivity contribution in [3.63, 3.8) is 0 Å². The van der Waals surface area contributed by atoms with E-state index in [-0.39, 0.29) is 11.8 Å². The smallest absolute Gasteiger partial charge is 0.342 e. The van der Waals surface area contributed by atoms with Crippen LogP contribution in [0.5, 0.6) is 5.88 Å². The average Bonchev–Trinajstić information content (AvgIpc) is 2.41. The summed E-state index contributed by atoms with van der Waals surface area (Å²) >= 11 is 0.0586. The highest BCUT2D eigenvalue weighted by Gasteiger charge is 2.23. The van der Waals surface area contributed by atoms with Gasteiger partial charge in [-0.1, -0.05) is 0 Å². The zero-order valence-corrected chi connectivity index (χ0v) is 10.5. The molecular weight excluding hydrogens is 318 g/mol. The molecule has 2 rings (SSSR count). The zero-order chi connectivity index (χ0) is 15.7. The number of rotatable bonds is 3. The first-order valence-corrected chi connectivity index (χ1v) is 5.80. The minimum Gasteiger partial charge on any atom is -0.493 e. The molecule has 0 aromatic carbocycles. The van der Waals surface area contributed by atoms with Crippen molar-refractivity contribution in [3.05, 3.63) is 35.3 Å². The van der Waals surface area contributed by atoms with E-state index >= 15 is 0 Å². The van der Waals surface area contributed by atoms with Gasteiger partial charge in [0.1, 0.15) is 5.56 Å². The fraction of sp³-hybridized carbons (Fsp3) is 0. The van der Waals surface area contributed by atoms with Crippen molar-refractivity contribution >= 4 is 17.7 Å². The molecule has 0 aliphatic carbocycles. The molecule has 0 atom stereocenters. The van der Waals surface area contributed by atoms with E-state index in [2.05, 4.69) is 15.0 Å². The second-order valence-electron chi connectivity index (χ2n) is 3.45. The van der Waals surface area contributed by atoms with Crippen molar-refractivity contribution in [2.75, 3.05) is 0 Å². The molecular formula is C10H3F4N3O3S. The third-order valence-electron chi connectivity index (χ3n) is 2.13. The van der Waals surface area contributed by atoms with Gasteiger partial charge >= 0.3 is 5.97 Å². The van der Waals surface area contributed by atoms with Gasteiger partial charge in [0.2, 0.25) is 5.88 Å². The van der Waals surface area contributed by atoms with E-state index < -0.39 is 51.0 Å². The van der Waals surface area contributed by atoms with E-state index in [1.54, 1.807) is 0 Å². The van der Waals surface area contributed by atoms with E-state index in [0.29, 0.717) is 6.20 Å². The summed E-state index contributed by atoms with van der Waals surface area (Å²) in [5.74, 6) is -9.72. The van der Waals surface area contributed by atoms with Crippen LogP contribution in [-0.2, 0) is 0 Å². The molecule has 0 radical (unpaired) electrons. The Balaban J connectivity index is 2.44. The fourth-order valence-corrected chi connectivity index (χ4v) is 1.97. The van der Waals surface area contributed by atoms with Crippen LogP contribution in [0.3, 0.4) is 0 Å². The summed E-state index contributed by atoms with van der Waals surface area (Å²) in [5, 5.41) is 17.4. The molecule has 0 aliphatic heterocycles. The summed E-state index contributed by atoms with van der Waals surface area (Å²) < 4.78 is 52.5. The van der Waals surface area contributed by atoms with Crippen LogP contribution < -0.4 is 0 Å². The quantitative estimate of drug-likeness (QED) is 0.507. The second-order valence-corrected chi connectivity index (χ2v) is 4.43. The maximum atomic E-state index is 13.4. The van der Waals surface area contributed by atoms with E-state index in [4.69, 9.17) is 5.11 Å². The van der Waals surface area contributed by atoms with Crippen LogP contribution in [-0.4, -0.2) is 31.1 Å². The zero-order valence-electron chi connectivity index (χ0n) is 9.64. The number of halogens is 4. The molecule has 2 N–H and O–H groups in total. The molecule has 0 bridgehead atoms. The van der Waals surface area contributed by atoms with Gasteiger partial charge in [-0.05, 0) is 11.8 Å². The highest BCUT2D eigenvalue weighted by molar-refractivity contribution is 7.99. The van der Waals surface area contributed by atoms with Crippen molar-refractivity contribution in [2.24, 2.45) is 0 Å². The molecule has 110 valence electrons. The van der Waals surface area contributed by atoms with Crippen LogP contribution in [0.25, 0.3) is 0 Å². The Morgan fingerprint density at radius 2 is 1.67 bits per heavy atom. The Morgan fingerprint density at radius 3 is 2.14 bits per heavy atom.